The van der Waals surface area contributed by atoms with E-state index >= 15 is 0 Å². The summed E-state index contributed by atoms with van der Waals surface area (Å²) in [7, 11) is 0. The number of amides is 1. The van der Waals surface area contributed by atoms with Gasteiger partial charge in [-0.1, -0.05) is 30.3 Å². The van der Waals surface area contributed by atoms with Crippen LogP contribution in [0.2, 0.25) is 0 Å². The minimum Gasteiger partial charge on any atom is -0.445 e. The molecule has 0 fully saturated rings. The fourth-order valence-corrected chi connectivity index (χ4v) is 0.974. The van der Waals surface area contributed by atoms with Crippen LogP contribution in [0.4, 0.5) is 4.79 Å². The molecule has 0 aromatic heterocycles. The molecule has 1 unspecified atom stereocenters. The first-order valence-electron chi connectivity index (χ1n) is 4.59. The van der Waals surface area contributed by atoms with Gasteiger partial charge in [-0.3, -0.25) is 0 Å². The molecule has 0 saturated heterocycles. The lowest BCUT2D eigenvalue weighted by molar-refractivity contribution is 0.138. The van der Waals surface area contributed by atoms with Gasteiger partial charge in [-0.25, -0.2) is 4.79 Å². The summed E-state index contributed by atoms with van der Waals surface area (Å²) in [6.07, 6.45) is -0.576. The van der Waals surface area contributed by atoms with E-state index in [4.69, 9.17) is 10.00 Å². The number of nitrogens with one attached hydrogen (secondary N) is 1. The fraction of sp³-hybridized carbons (Fsp3) is 0.273. The van der Waals surface area contributed by atoms with Gasteiger partial charge in [0.05, 0.1) is 6.07 Å². The summed E-state index contributed by atoms with van der Waals surface area (Å²) in [6, 6.07) is 10.7. The summed E-state index contributed by atoms with van der Waals surface area (Å²) in [5.74, 6) is 0. The van der Waals surface area contributed by atoms with E-state index in [1.165, 1.54) is 0 Å². The van der Waals surface area contributed by atoms with Crippen LogP contribution in [0.25, 0.3) is 0 Å². The van der Waals surface area contributed by atoms with E-state index < -0.39 is 12.1 Å². The number of alkyl carbamates (subject to hydrolysis) is 1. The van der Waals surface area contributed by atoms with E-state index in [0.29, 0.717) is 0 Å². The topological polar surface area (TPSA) is 62.1 Å². The first-order chi connectivity index (χ1) is 7.22. The number of rotatable bonds is 3. The summed E-state index contributed by atoms with van der Waals surface area (Å²) in [5, 5.41) is 10.8. The van der Waals surface area contributed by atoms with E-state index in [1.807, 2.05) is 36.4 Å². The Morgan fingerprint density at radius 3 is 2.80 bits per heavy atom. The molecule has 78 valence electrons. The third-order valence-electron chi connectivity index (χ3n) is 1.74. The molecular formula is C11H12N2O2. The van der Waals surface area contributed by atoms with Crippen molar-refractivity contribution in [3.05, 3.63) is 35.9 Å². The van der Waals surface area contributed by atoms with Crippen molar-refractivity contribution in [1.29, 1.82) is 5.26 Å². The number of hydrogen-bond acceptors (Lipinski definition) is 3. The van der Waals surface area contributed by atoms with Crippen LogP contribution in [0.5, 0.6) is 0 Å². The van der Waals surface area contributed by atoms with Gasteiger partial charge in [0.2, 0.25) is 0 Å². The van der Waals surface area contributed by atoms with Gasteiger partial charge < -0.3 is 10.1 Å². The van der Waals surface area contributed by atoms with Crippen molar-refractivity contribution in [3.8, 4) is 6.07 Å². The van der Waals surface area contributed by atoms with Crippen molar-refractivity contribution in [2.75, 3.05) is 0 Å². The summed E-state index contributed by atoms with van der Waals surface area (Å²) < 4.78 is 4.90. The zero-order valence-corrected chi connectivity index (χ0v) is 8.43. The Bertz CT molecular complexity index is 357. The highest BCUT2D eigenvalue weighted by Crippen LogP contribution is 2.00. The lowest BCUT2D eigenvalue weighted by Crippen LogP contribution is -2.31. The second kappa shape index (κ2) is 5.66. The molecular weight excluding hydrogens is 192 g/mol. The largest absolute Gasteiger partial charge is 0.445 e. The number of hydrogen-bond donors (Lipinski definition) is 1. The zero-order valence-electron chi connectivity index (χ0n) is 8.43. The van der Waals surface area contributed by atoms with Gasteiger partial charge in [-0.2, -0.15) is 5.26 Å². The van der Waals surface area contributed by atoms with E-state index in [0.717, 1.165) is 5.56 Å². The molecule has 0 bridgehead atoms. The predicted octanol–water partition coefficient (Wildman–Crippen LogP) is 1.82. The molecule has 1 aromatic rings. The Kier molecular flexibility index (Phi) is 4.17. The highest BCUT2D eigenvalue weighted by molar-refractivity contribution is 5.67. The Morgan fingerprint density at radius 1 is 1.53 bits per heavy atom. The third kappa shape index (κ3) is 4.14. The lowest BCUT2D eigenvalue weighted by Gasteiger charge is -2.07. The summed E-state index contributed by atoms with van der Waals surface area (Å²) >= 11 is 0. The van der Waals surface area contributed by atoms with E-state index in [9.17, 15) is 4.79 Å². The first-order valence-corrected chi connectivity index (χ1v) is 4.59. The minimum absolute atomic E-state index is 0.213. The maximum atomic E-state index is 11.1. The molecule has 0 saturated carbocycles. The van der Waals surface area contributed by atoms with Crippen LogP contribution in [0.1, 0.15) is 12.5 Å². The smallest absolute Gasteiger partial charge is 0.408 e. The molecule has 1 atom stereocenters. The molecule has 1 rings (SSSR count). The number of nitrogens with zero attached hydrogens (tertiary/aromatic N) is 1. The van der Waals surface area contributed by atoms with Gasteiger partial charge in [-0.05, 0) is 12.5 Å². The average molecular weight is 204 g/mol. The molecule has 4 nitrogen and oxygen atoms in total. The Hall–Kier alpha value is -2.02. The average Bonchev–Trinajstić information content (AvgIpc) is 2.27. The highest BCUT2D eigenvalue weighted by atomic mass is 16.5. The van der Waals surface area contributed by atoms with Gasteiger partial charge in [0.1, 0.15) is 12.6 Å². The predicted molar refractivity (Wildman–Crippen MR) is 54.8 cm³/mol. The van der Waals surface area contributed by atoms with Crippen LogP contribution in [0, 0.1) is 11.3 Å². The second-order valence-electron chi connectivity index (χ2n) is 3.06. The van der Waals surface area contributed by atoms with Crippen molar-refractivity contribution in [1.82, 2.24) is 5.32 Å². The van der Waals surface area contributed by atoms with Gasteiger partial charge >= 0.3 is 6.09 Å². The molecule has 4 heteroatoms. The Morgan fingerprint density at radius 2 is 2.20 bits per heavy atom. The van der Waals surface area contributed by atoms with Crippen molar-refractivity contribution in [3.63, 3.8) is 0 Å². The molecule has 1 aromatic carbocycles. The summed E-state index contributed by atoms with van der Waals surface area (Å²) in [4.78, 5) is 11.1. The van der Waals surface area contributed by atoms with Crippen molar-refractivity contribution in [2.45, 2.75) is 19.6 Å². The number of nitriles is 1. The van der Waals surface area contributed by atoms with Gasteiger partial charge in [-0.15, -0.1) is 0 Å². The van der Waals surface area contributed by atoms with E-state index in [1.54, 1.807) is 6.92 Å². The normalized spacial score (nSPS) is 11.2. The molecule has 1 N–H and O–H groups in total. The highest BCUT2D eigenvalue weighted by Gasteiger charge is 2.06. The summed E-state index contributed by atoms with van der Waals surface area (Å²) in [5.41, 5.74) is 0.914. The van der Waals surface area contributed by atoms with Gasteiger partial charge in [0.25, 0.3) is 0 Å². The third-order valence-corrected chi connectivity index (χ3v) is 1.74. The number of ether oxygens (including phenoxy) is 1. The molecule has 0 spiro atoms. The maximum absolute atomic E-state index is 11.1. The van der Waals surface area contributed by atoms with Crippen LogP contribution in [-0.2, 0) is 11.3 Å². The van der Waals surface area contributed by atoms with E-state index in [2.05, 4.69) is 5.32 Å². The number of carbonyl (C=O) groups excluding carboxylic acids is 1. The SMILES string of the molecule is CC(C#N)NC(=O)OCc1ccccc1. The minimum atomic E-state index is -0.576. The molecule has 1 amide bonds. The van der Waals surface area contributed by atoms with Crippen LogP contribution >= 0.6 is 0 Å². The molecule has 15 heavy (non-hydrogen) atoms. The second-order valence-corrected chi connectivity index (χ2v) is 3.06. The standard InChI is InChI=1S/C11H12N2O2/c1-9(7-12)13-11(14)15-8-10-5-3-2-4-6-10/h2-6,9H,8H2,1H3,(H,13,14). The van der Waals surface area contributed by atoms with Crippen LogP contribution in [-0.4, -0.2) is 12.1 Å². The Labute approximate surface area is 88.5 Å². The monoisotopic (exact) mass is 204 g/mol. The molecule has 0 aliphatic rings. The van der Waals surface area contributed by atoms with Crippen molar-refractivity contribution >= 4 is 6.09 Å². The lowest BCUT2D eigenvalue weighted by atomic mass is 10.2. The Balaban J connectivity index is 2.32. The number of benzene rings is 1. The molecule has 0 aliphatic heterocycles. The van der Waals surface area contributed by atoms with Crippen LogP contribution in [0.15, 0.2) is 30.3 Å². The van der Waals surface area contributed by atoms with Crippen LogP contribution in [0.3, 0.4) is 0 Å². The van der Waals surface area contributed by atoms with Crippen molar-refractivity contribution < 1.29 is 9.53 Å². The maximum Gasteiger partial charge on any atom is 0.408 e. The summed E-state index contributed by atoms with van der Waals surface area (Å²) in [6.45, 7) is 1.80. The van der Waals surface area contributed by atoms with Gasteiger partial charge in [0.15, 0.2) is 0 Å². The molecule has 0 aliphatic carbocycles. The van der Waals surface area contributed by atoms with Crippen LogP contribution < -0.4 is 5.32 Å². The molecule has 0 heterocycles. The zero-order chi connectivity index (χ0) is 11.1. The molecule has 0 radical (unpaired) electrons. The fourth-order valence-electron chi connectivity index (χ4n) is 0.974. The van der Waals surface area contributed by atoms with Crippen molar-refractivity contribution in [2.24, 2.45) is 0 Å². The van der Waals surface area contributed by atoms with Gasteiger partial charge in [0, 0.05) is 0 Å². The quantitative estimate of drug-likeness (QED) is 0.816. The number of carbonyl (C=O) groups is 1. The first kappa shape index (κ1) is 11.1. The van der Waals surface area contributed by atoms with E-state index in [-0.39, 0.29) is 6.61 Å².